The molecule has 1 aromatic carbocycles. The second kappa shape index (κ2) is 9.00. The fourth-order valence-electron chi connectivity index (χ4n) is 2.17. The van der Waals surface area contributed by atoms with Gasteiger partial charge in [-0.1, -0.05) is 17.2 Å². The Morgan fingerprint density at radius 2 is 1.86 bits per heavy atom. The second-order valence-electron chi connectivity index (χ2n) is 6.21. The number of hydrogen-bond acceptors (Lipinski definition) is 5. The number of nitrogens with one attached hydrogen (secondary N) is 1. The van der Waals surface area contributed by atoms with Crippen LogP contribution in [0, 0.1) is 10.1 Å². The van der Waals surface area contributed by atoms with Gasteiger partial charge in [0.2, 0.25) is 0 Å². The maximum atomic E-state index is 13.0. The van der Waals surface area contributed by atoms with Crippen LogP contribution in [0.4, 0.5) is 18.9 Å². The number of halogens is 3. The molecule has 0 heterocycles. The van der Waals surface area contributed by atoms with Crippen LogP contribution in [0.5, 0.6) is 0 Å². The van der Waals surface area contributed by atoms with Crippen LogP contribution >= 0.6 is 0 Å². The SMILES string of the molecule is CC(C)=CCC/C(C)=C/C(=O)NS(=O)(=O)c1ccc([N+](=O)[O-])c(C(F)(F)F)c1. The van der Waals surface area contributed by atoms with Crippen molar-refractivity contribution in [3.63, 3.8) is 0 Å². The minimum atomic E-state index is -5.14. The molecule has 0 unspecified atom stereocenters. The largest absolute Gasteiger partial charge is 0.423 e. The van der Waals surface area contributed by atoms with E-state index < -0.39 is 43.2 Å². The summed E-state index contributed by atoms with van der Waals surface area (Å²) < 4.78 is 65.0. The Balaban J connectivity index is 3.09. The highest BCUT2D eigenvalue weighted by atomic mass is 32.2. The standard InChI is InChI=1S/C17H19F3N2O5S/c1-11(2)5-4-6-12(3)9-16(23)21-28(26,27)13-7-8-15(22(24)25)14(10-13)17(18,19)20/h5,7-10H,4,6H2,1-3H3,(H,21,23)/b12-9+. The molecule has 0 aliphatic carbocycles. The Bertz CT molecular complexity index is 931. The van der Waals surface area contributed by atoms with Gasteiger partial charge in [0, 0.05) is 12.1 Å². The van der Waals surface area contributed by atoms with Crippen LogP contribution in [0.3, 0.4) is 0 Å². The summed E-state index contributed by atoms with van der Waals surface area (Å²) in [6.07, 6.45) is -1.04. The Labute approximate surface area is 160 Å². The third kappa shape index (κ3) is 6.80. The molecule has 0 saturated carbocycles. The number of benzene rings is 1. The van der Waals surface area contributed by atoms with Gasteiger partial charge in [-0.3, -0.25) is 14.9 Å². The zero-order chi connectivity index (χ0) is 21.7. The number of hydrogen-bond donors (Lipinski definition) is 1. The van der Waals surface area contributed by atoms with E-state index >= 15 is 0 Å². The summed E-state index contributed by atoms with van der Waals surface area (Å²) in [6.45, 7) is 5.41. The zero-order valence-corrected chi connectivity index (χ0v) is 16.1. The van der Waals surface area contributed by atoms with Crippen LogP contribution in [0.15, 0.2) is 46.4 Å². The number of nitro benzene ring substituents is 1. The molecule has 1 N–H and O–H groups in total. The minimum absolute atomic E-state index is 0.124. The third-order valence-electron chi connectivity index (χ3n) is 3.48. The number of nitrogens with zero attached hydrogens (tertiary/aromatic N) is 1. The zero-order valence-electron chi connectivity index (χ0n) is 15.3. The highest BCUT2D eigenvalue weighted by molar-refractivity contribution is 7.90. The number of carbonyl (C=O) groups excluding carboxylic acids is 1. The van der Waals surface area contributed by atoms with E-state index in [0.717, 1.165) is 11.6 Å². The molecule has 1 rings (SSSR count). The maximum Gasteiger partial charge on any atom is 0.423 e. The van der Waals surface area contributed by atoms with Gasteiger partial charge in [0.25, 0.3) is 21.6 Å². The molecular weight excluding hydrogens is 401 g/mol. The topological polar surface area (TPSA) is 106 Å². The van der Waals surface area contributed by atoms with Crippen LogP contribution in [-0.2, 0) is 21.0 Å². The van der Waals surface area contributed by atoms with Crippen LogP contribution in [0.25, 0.3) is 0 Å². The minimum Gasteiger partial charge on any atom is -0.269 e. The van der Waals surface area contributed by atoms with Gasteiger partial charge in [0.15, 0.2) is 0 Å². The number of sulfonamides is 1. The number of nitro groups is 1. The van der Waals surface area contributed by atoms with E-state index in [1.54, 1.807) is 11.6 Å². The second-order valence-corrected chi connectivity index (χ2v) is 7.90. The smallest absolute Gasteiger partial charge is 0.269 e. The van der Waals surface area contributed by atoms with Crippen molar-refractivity contribution in [2.45, 2.75) is 44.7 Å². The van der Waals surface area contributed by atoms with E-state index in [0.29, 0.717) is 30.5 Å². The van der Waals surface area contributed by atoms with Gasteiger partial charge >= 0.3 is 6.18 Å². The molecule has 0 radical (unpaired) electrons. The Morgan fingerprint density at radius 3 is 2.36 bits per heavy atom. The van der Waals surface area contributed by atoms with Crippen molar-refractivity contribution in [2.24, 2.45) is 0 Å². The van der Waals surface area contributed by atoms with Crippen molar-refractivity contribution in [1.29, 1.82) is 0 Å². The van der Waals surface area contributed by atoms with Crippen LogP contribution < -0.4 is 4.72 Å². The predicted molar refractivity (Wildman–Crippen MR) is 95.8 cm³/mol. The average Bonchev–Trinajstić information content (AvgIpc) is 2.52. The van der Waals surface area contributed by atoms with E-state index in [-0.39, 0.29) is 6.07 Å². The summed E-state index contributed by atoms with van der Waals surface area (Å²) in [7, 11) is -4.64. The molecular formula is C17H19F3N2O5S. The fraction of sp³-hybridized carbons (Fsp3) is 0.353. The molecule has 7 nitrogen and oxygen atoms in total. The molecule has 0 aromatic heterocycles. The van der Waals surface area contributed by atoms with Crippen molar-refractivity contribution < 1.29 is 31.3 Å². The van der Waals surface area contributed by atoms with Gasteiger partial charge in [-0.05, 0) is 45.7 Å². The lowest BCUT2D eigenvalue weighted by molar-refractivity contribution is -0.388. The van der Waals surface area contributed by atoms with Crippen molar-refractivity contribution >= 4 is 21.6 Å². The van der Waals surface area contributed by atoms with E-state index in [4.69, 9.17) is 0 Å². The van der Waals surface area contributed by atoms with Gasteiger partial charge in [-0.15, -0.1) is 0 Å². The number of alkyl halides is 3. The molecule has 0 aliphatic heterocycles. The van der Waals surface area contributed by atoms with Crippen molar-refractivity contribution in [1.82, 2.24) is 4.72 Å². The van der Waals surface area contributed by atoms with Crippen molar-refractivity contribution in [2.75, 3.05) is 0 Å². The molecule has 28 heavy (non-hydrogen) atoms. The number of amides is 1. The first-order chi connectivity index (χ1) is 12.7. The van der Waals surface area contributed by atoms with Gasteiger partial charge in [-0.2, -0.15) is 13.2 Å². The van der Waals surface area contributed by atoms with E-state index in [2.05, 4.69) is 0 Å². The first-order valence-corrected chi connectivity index (χ1v) is 9.45. The van der Waals surface area contributed by atoms with Gasteiger partial charge in [0.05, 0.1) is 9.82 Å². The lowest BCUT2D eigenvalue weighted by Gasteiger charge is -2.10. The van der Waals surface area contributed by atoms with E-state index in [1.807, 2.05) is 19.9 Å². The van der Waals surface area contributed by atoms with Gasteiger partial charge in [0.1, 0.15) is 5.56 Å². The molecule has 0 bridgehead atoms. The molecule has 11 heteroatoms. The highest BCUT2D eigenvalue weighted by Crippen LogP contribution is 2.37. The number of carbonyl (C=O) groups is 1. The summed E-state index contributed by atoms with van der Waals surface area (Å²) in [6, 6.07) is 1.19. The van der Waals surface area contributed by atoms with Crippen LogP contribution in [-0.4, -0.2) is 19.2 Å². The molecule has 1 aromatic rings. The molecule has 0 saturated heterocycles. The predicted octanol–water partition coefficient (Wildman–Crippen LogP) is 4.11. The third-order valence-corrected chi connectivity index (χ3v) is 4.83. The highest BCUT2D eigenvalue weighted by Gasteiger charge is 2.39. The Morgan fingerprint density at radius 1 is 1.25 bits per heavy atom. The van der Waals surface area contributed by atoms with Gasteiger partial charge in [-0.25, -0.2) is 13.1 Å². The molecule has 0 spiro atoms. The Kier molecular flexibility index (Phi) is 7.51. The summed E-state index contributed by atoms with van der Waals surface area (Å²) in [4.78, 5) is 20.4. The molecule has 1 amide bonds. The summed E-state index contributed by atoms with van der Waals surface area (Å²) in [5, 5.41) is 10.7. The summed E-state index contributed by atoms with van der Waals surface area (Å²) in [5.41, 5.74) is -1.35. The molecule has 154 valence electrons. The lowest BCUT2D eigenvalue weighted by Crippen LogP contribution is -2.29. The van der Waals surface area contributed by atoms with Crippen molar-refractivity contribution in [3.05, 3.63) is 57.2 Å². The van der Waals surface area contributed by atoms with Crippen LogP contribution in [0.1, 0.15) is 39.2 Å². The summed E-state index contributed by atoms with van der Waals surface area (Å²) >= 11 is 0. The van der Waals surface area contributed by atoms with Crippen LogP contribution in [0.2, 0.25) is 0 Å². The fourth-order valence-corrected chi connectivity index (χ4v) is 3.14. The first-order valence-electron chi connectivity index (χ1n) is 7.97. The van der Waals surface area contributed by atoms with Crippen molar-refractivity contribution in [3.8, 4) is 0 Å². The molecule has 0 atom stereocenters. The van der Waals surface area contributed by atoms with E-state index in [9.17, 15) is 36.5 Å². The first kappa shape index (κ1) is 23.3. The molecule has 0 fully saturated rings. The quantitative estimate of drug-likeness (QED) is 0.309. The normalized spacial score (nSPS) is 12.4. The lowest BCUT2D eigenvalue weighted by atomic mass is 10.1. The monoisotopic (exact) mass is 420 g/mol. The number of rotatable bonds is 7. The summed E-state index contributed by atoms with van der Waals surface area (Å²) in [5.74, 6) is -1.03. The Hall–Kier alpha value is -2.69. The van der Waals surface area contributed by atoms with E-state index in [1.165, 1.54) is 0 Å². The number of allylic oxidation sites excluding steroid dienone is 3. The van der Waals surface area contributed by atoms with Gasteiger partial charge < -0.3 is 0 Å². The average molecular weight is 420 g/mol. The maximum absolute atomic E-state index is 13.0. The molecule has 0 aliphatic rings.